The lowest BCUT2D eigenvalue weighted by Gasteiger charge is -2.29. The van der Waals surface area contributed by atoms with Crippen molar-refractivity contribution in [3.05, 3.63) is 75.9 Å². The van der Waals surface area contributed by atoms with Gasteiger partial charge in [0.15, 0.2) is 5.13 Å². The van der Waals surface area contributed by atoms with Gasteiger partial charge >= 0.3 is 6.18 Å². The third-order valence-electron chi connectivity index (χ3n) is 5.78. The monoisotopic (exact) mass is 591 g/mol. The second kappa shape index (κ2) is 13.1. The molecular formula is C27H32F3N7O3S. The summed E-state index contributed by atoms with van der Waals surface area (Å²) in [6.07, 6.45) is -1.40. The number of aryl methyl sites for hydroxylation is 1. The van der Waals surface area contributed by atoms with E-state index >= 15 is 0 Å². The Labute approximate surface area is 240 Å². The fourth-order valence-electron chi connectivity index (χ4n) is 3.75. The quantitative estimate of drug-likeness (QED) is 0.285. The van der Waals surface area contributed by atoms with Crippen molar-refractivity contribution < 1.29 is 27.6 Å². The first-order chi connectivity index (χ1) is 19.2. The van der Waals surface area contributed by atoms with Crippen LogP contribution in [0, 0.1) is 6.92 Å². The van der Waals surface area contributed by atoms with Gasteiger partial charge in [-0.3, -0.25) is 14.6 Å². The van der Waals surface area contributed by atoms with E-state index in [4.69, 9.17) is 10.6 Å². The third kappa shape index (κ3) is 8.50. The number of anilines is 3. The van der Waals surface area contributed by atoms with E-state index in [9.17, 15) is 22.8 Å². The Morgan fingerprint density at radius 3 is 2.44 bits per heavy atom. The highest BCUT2D eigenvalue weighted by molar-refractivity contribution is 7.16. The van der Waals surface area contributed by atoms with Crippen LogP contribution in [0.4, 0.5) is 29.7 Å². The van der Waals surface area contributed by atoms with Gasteiger partial charge in [0.1, 0.15) is 0 Å². The van der Waals surface area contributed by atoms with Crippen LogP contribution in [0.1, 0.15) is 38.8 Å². The molecule has 2 amide bonds. The minimum atomic E-state index is -4.60. The summed E-state index contributed by atoms with van der Waals surface area (Å²) in [7, 11) is 6.56. The smallest absolute Gasteiger partial charge is 0.396 e. The molecule has 10 nitrogen and oxygen atoms in total. The number of thiazole rings is 1. The van der Waals surface area contributed by atoms with E-state index in [1.54, 1.807) is 61.8 Å². The Balaban J connectivity index is 1.92. The Hall–Kier alpha value is -3.98. The number of amides is 2. The molecule has 0 aliphatic carbocycles. The van der Waals surface area contributed by atoms with Gasteiger partial charge in [0.05, 0.1) is 28.9 Å². The maximum absolute atomic E-state index is 13.6. The molecule has 0 atom stereocenters. The molecular weight excluding hydrogens is 559 g/mol. The zero-order chi connectivity index (χ0) is 30.5. The Morgan fingerprint density at radius 2 is 1.83 bits per heavy atom. The lowest BCUT2D eigenvalue weighted by atomic mass is 10.1. The predicted molar refractivity (Wildman–Crippen MR) is 154 cm³/mol. The molecule has 14 heteroatoms. The minimum absolute atomic E-state index is 0.000212. The van der Waals surface area contributed by atoms with Gasteiger partial charge in [-0.25, -0.2) is 9.99 Å². The first-order valence-corrected chi connectivity index (χ1v) is 13.1. The zero-order valence-corrected chi connectivity index (χ0v) is 24.3. The van der Waals surface area contributed by atoms with Gasteiger partial charge in [0.2, 0.25) is 5.91 Å². The highest BCUT2D eigenvalue weighted by Crippen LogP contribution is 2.33. The SMILES string of the molecule is CON(C)Cc1cc(NC(=O)c2ccc(C)c(N(/C=C(\N)c3cnc(NC(C)=O)s3)N(C)C)c2)cc(C(F)(F)F)c1. The first-order valence-electron chi connectivity index (χ1n) is 12.2. The summed E-state index contributed by atoms with van der Waals surface area (Å²) >= 11 is 1.20. The van der Waals surface area contributed by atoms with E-state index in [1.165, 1.54) is 36.5 Å². The molecule has 0 unspecified atom stereocenters. The molecule has 2 aromatic carbocycles. The highest BCUT2D eigenvalue weighted by atomic mass is 32.1. The fraction of sp³-hybridized carbons (Fsp3) is 0.296. The van der Waals surface area contributed by atoms with Crippen molar-refractivity contribution in [1.29, 1.82) is 0 Å². The molecule has 3 aromatic rings. The Bertz CT molecular complexity index is 1440. The van der Waals surface area contributed by atoms with Crippen LogP contribution in [0.15, 0.2) is 48.8 Å². The number of carbonyl (C=O) groups is 2. The molecule has 1 aromatic heterocycles. The second-order valence-electron chi connectivity index (χ2n) is 9.33. The summed E-state index contributed by atoms with van der Waals surface area (Å²) in [4.78, 5) is 34.3. The lowest BCUT2D eigenvalue weighted by Crippen LogP contribution is -2.33. The number of carbonyl (C=O) groups excluding carboxylic acids is 2. The summed E-state index contributed by atoms with van der Waals surface area (Å²) in [5, 5.41) is 10.4. The number of hydrazine groups is 1. The van der Waals surface area contributed by atoms with E-state index < -0.39 is 17.6 Å². The maximum Gasteiger partial charge on any atom is 0.416 e. The largest absolute Gasteiger partial charge is 0.416 e. The number of hydrogen-bond acceptors (Lipinski definition) is 9. The Morgan fingerprint density at radius 1 is 1.12 bits per heavy atom. The molecule has 4 N–H and O–H groups in total. The van der Waals surface area contributed by atoms with Crippen LogP contribution in [-0.4, -0.2) is 55.1 Å². The van der Waals surface area contributed by atoms with Crippen LogP contribution in [0.2, 0.25) is 0 Å². The van der Waals surface area contributed by atoms with Crippen LogP contribution >= 0.6 is 11.3 Å². The normalized spacial score (nSPS) is 12.1. The summed E-state index contributed by atoms with van der Waals surface area (Å²) in [6.45, 7) is 3.31. The molecule has 0 bridgehead atoms. The molecule has 220 valence electrons. The molecule has 41 heavy (non-hydrogen) atoms. The number of nitrogens with one attached hydrogen (secondary N) is 2. The molecule has 0 saturated heterocycles. The third-order valence-corrected chi connectivity index (χ3v) is 6.74. The van der Waals surface area contributed by atoms with Gasteiger partial charge in [-0.15, -0.1) is 0 Å². The summed E-state index contributed by atoms with van der Waals surface area (Å²) in [6, 6.07) is 8.32. The standard InChI is InChI=1S/C27H32F3N7O3S/c1-16-7-8-19(25(39)34-21-10-18(14-36(5)40-6)9-20(12-21)27(28,29)30)11-23(16)37(35(3)4)15-22(31)24-13-32-26(41-24)33-17(2)38/h7-13,15H,14,31H2,1-6H3,(H,34,39)(H,32,33,38)/b22-15-. The number of nitrogens with zero attached hydrogens (tertiary/aromatic N) is 4. The van der Waals surface area contributed by atoms with E-state index in [-0.39, 0.29) is 23.7 Å². The van der Waals surface area contributed by atoms with Crippen LogP contribution < -0.4 is 21.4 Å². The van der Waals surface area contributed by atoms with E-state index in [1.807, 2.05) is 6.92 Å². The molecule has 0 spiro atoms. The van der Waals surface area contributed by atoms with Crippen LogP contribution in [0.3, 0.4) is 0 Å². The Kier molecular flexibility index (Phi) is 10.1. The minimum Gasteiger partial charge on any atom is -0.396 e. The zero-order valence-electron chi connectivity index (χ0n) is 23.5. The van der Waals surface area contributed by atoms with E-state index in [0.717, 1.165) is 17.7 Å². The van der Waals surface area contributed by atoms with Gasteiger partial charge in [0, 0.05) is 58.3 Å². The first kappa shape index (κ1) is 31.5. The molecule has 0 aliphatic heterocycles. The van der Waals surface area contributed by atoms with Gasteiger partial charge in [0.25, 0.3) is 5.91 Å². The molecule has 1 heterocycles. The number of aromatic nitrogens is 1. The average molecular weight is 592 g/mol. The fourth-order valence-corrected chi connectivity index (χ4v) is 4.54. The van der Waals surface area contributed by atoms with Gasteiger partial charge < -0.3 is 21.2 Å². The molecule has 3 rings (SSSR count). The van der Waals surface area contributed by atoms with Gasteiger partial charge in [-0.2, -0.15) is 18.2 Å². The summed E-state index contributed by atoms with van der Waals surface area (Å²) < 4.78 is 40.7. The second-order valence-corrected chi connectivity index (χ2v) is 10.4. The van der Waals surface area contributed by atoms with Crippen LogP contribution in [0.5, 0.6) is 0 Å². The molecule has 0 fully saturated rings. The van der Waals surface area contributed by atoms with Crippen molar-refractivity contribution in [3.63, 3.8) is 0 Å². The number of nitrogens with two attached hydrogens (primary N) is 1. The number of benzene rings is 2. The van der Waals surface area contributed by atoms with Gasteiger partial charge in [-0.1, -0.05) is 17.4 Å². The number of rotatable bonds is 10. The van der Waals surface area contributed by atoms with E-state index in [0.29, 0.717) is 27.0 Å². The van der Waals surface area contributed by atoms with Gasteiger partial charge in [-0.05, 0) is 48.4 Å². The van der Waals surface area contributed by atoms with Crippen molar-refractivity contribution in [2.24, 2.45) is 5.73 Å². The summed E-state index contributed by atoms with van der Waals surface area (Å²) in [5.41, 5.74) is 7.78. The molecule has 0 radical (unpaired) electrons. The van der Waals surface area contributed by atoms with E-state index in [2.05, 4.69) is 15.6 Å². The number of alkyl halides is 3. The van der Waals surface area contributed by atoms with Crippen LogP contribution in [-0.2, 0) is 22.4 Å². The average Bonchev–Trinajstić information content (AvgIpc) is 3.34. The molecule has 0 saturated carbocycles. The maximum atomic E-state index is 13.6. The lowest BCUT2D eigenvalue weighted by molar-refractivity contribution is -0.138. The van der Waals surface area contributed by atoms with Crippen molar-refractivity contribution in [3.8, 4) is 0 Å². The molecule has 0 aliphatic rings. The van der Waals surface area contributed by atoms with Crippen molar-refractivity contribution in [2.45, 2.75) is 26.6 Å². The summed E-state index contributed by atoms with van der Waals surface area (Å²) in [5.74, 6) is -0.840. The van der Waals surface area contributed by atoms with Crippen molar-refractivity contribution in [1.82, 2.24) is 15.1 Å². The number of hydroxylamine groups is 2. The van der Waals surface area contributed by atoms with Crippen molar-refractivity contribution in [2.75, 3.05) is 43.9 Å². The number of halogens is 3. The van der Waals surface area contributed by atoms with Crippen LogP contribution in [0.25, 0.3) is 5.70 Å². The topological polar surface area (TPSA) is 116 Å². The number of hydrogen-bond donors (Lipinski definition) is 3. The predicted octanol–water partition coefficient (Wildman–Crippen LogP) is 4.91. The van der Waals surface area contributed by atoms with Crippen molar-refractivity contribution >= 4 is 45.4 Å². The highest BCUT2D eigenvalue weighted by Gasteiger charge is 2.31.